The van der Waals surface area contributed by atoms with Crippen LogP contribution in [0.4, 0.5) is 17.6 Å². The number of halogens is 6. The second-order valence-electron chi connectivity index (χ2n) is 4.38. The van der Waals surface area contributed by atoms with E-state index >= 15 is 0 Å². The lowest BCUT2D eigenvalue weighted by Gasteiger charge is -2.17. The molecule has 1 nitrogen and oxygen atoms in total. The second kappa shape index (κ2) is 5.94. The van der Waals surface area contributed by atoms with Crippen LogP contribution in [-0.4, -0.2) is 0 Å². The Morgan fingerprint density at radius 3 is 2.38 bits per heavy atom. The zero-order chi connectivity index (χ0) is 15.8. The van der Waals surface area contributed by atoms with Crippen LogP contribution in [0.2, 0.25) is 5.02 Å². The van der Waals surface area contributed by atoms with Crippen molar-refractivity contribution in [1.82, 2.24) is 0 Å². The van der Waals surface area contributed by atoms with Crippen molar-refractivity contribution in [3.05, 3.63) is 68.4 Å². The molecule has 0 amide bonds. The van der Waals surface area contributed by atoms with E-state index in [0.29, 0.717) is 21.1 Å². The molecule has 0 heterocycles. The van der Waals surface area contributed by atoms with Gasteiger partial charge in [-0.1, -0.05) is 33.6 Å². The predicted octanol–water partition coefficient (Wildman–Crippen LogP) is 5.31. The summed E-state index contributed by atoms with van der Waals surface area (Å²) in [7, 11) is 0. The van der Waals surface area contributed by atoms with Crippen LogP contribution < -0.4 is 5.73 Å². The van der Waals surface area contributed by atoms with Crippen LogP contribution in [0.25, 0.3) is 0 Å². The van der Waals surface area contributed by atoms with E-state index in [0.717, 1.165) is 6.07 Å². The molecule has 1 atom stereocenters. The molecule has 2 rings (SSSR count). The van der Waals surface area contributed by atoms with E-state index in [1.165, 1.54) is 6.07 Å². The molecule has 0 bridgehead atoms. The summed E-state index contributed by atoms with van der Waals surface area (Å²) in [5.74, 6) is -1.33. The summed E-state index contributed by atoms with van der Waals surface area (Å²) in [6.45, 7) is 0. The van der Waals surface area contributed by atoms with Gasteiger partial charge >= 0.3 is 6.18 Å². The molecule has 2 aromatic rings. The van der Waals surface area contributed by atoms with Crippen molar-refractivity contribution in [3.8, 4) is 0 Å². The van der Waals surface area contributed by atoms with Crippen LogP contribution in [0.5, 0.6) is 0 Å². The van der Waals surface area contributed by atoms with Crippen LogP contribution in [0.1, 0.15) is 22.7 Å². The van der Waals surface area contributed by atoms with E-state index in [2.05, 4.69) is 15.9 Å². The Kier molecular flexibility index (Phi) is 4.60. The molecule has 0 aliphatic carbocycles. The highest BCUT2D eigenvalue weighted by Crippen LogP contribution is 2.35. The third kappa shape index (κ3) is 3.56. The Labute approximate surface area is 131 Å². The first-order valence-electron chi connectivity index (χ1n) is 5.77. The largest absolute Gasteiger partial charge is 0.419 e. The van der Waals surface area contributed by atoms with Gasteiger partial charge in [-0.3, -0.25) is 0 Å². The molecule has 0 fully saturated rings. The third-order valence-corrected chi connectivity index (χ3v) is 3.91. The monoisotopic (exact) mass is 381 g/mol. The zero-order valence-corrected chi connectivity index (χ0v) is 12.7. The minimum atomic E-state index is -4.77. The van der Waals surface area contributed by atoms with Crippen molar-refractivity contribution in [2.24, 2.45) is 5.73 Å². The van der Waals surface area contributed by atoms with Crippen LogP contribution in [0, 0.1) is 5.82 Å². The van der Waals surface area contributed by atoms with Crippen molar-refractivity contribution in [1.29, 1.82) is 0 Å². The van der Waals surface area contributed by atoms with E-state index in [4.69, 9.17) is 17.3 Å². The fraction of sp³-hybridized carbons (Fsp3) is 0.143. The molecule has 1 unspecified atom stereocenters. The summed E-state index contributed by atoms with van der Waals surface area (Å²) >= 11 is 9.13. The first kappa shape index (κ1) is 16.3. The van der Waals surface area contributed by atoms with Crippen molar-refractivity contribution in [2.45, 2.75) is 12.2 Å². The summed E-state index contributed by atoms with van der Waals surface area (Å²) in [6, 6.07) is 6.65. The highest BCUT2D eigenvalue weighted by Gasteiger charge is 2.34. The van der Waals surface area contributed by atoms with Gasteiger partial charge in [0.25, 0.3) is 0 Å². The lowest BCUT2D eigenvalue weighted by atomic mass is 9.97. The number of hydrogen-bond donors (Lipinski definition) is 1. The smallest absolute Gasteiger partial charge is 0.320 e. The van der Waals surface area contributed by atoms with E-state index < -0.39 is 23.6 Å². The molecule has 7 heteroatoms. The van der Waals surface area contributed by atoms with Crippen molar-refractivity contribution >= 4 is 27.5 Å². The van der Waals surface area contributed by atoms with Crippen molar-refractivity contribution in [3.63, 3.8) is 0 Å². The third-order valence-electron chi connectivity index (χ3n) is 2.95. The van der Waals surface area contributed by atoms with Crippen LogP contribution in [0.15, 0.2) is 40.9 Å². The van der Waals surface area contributed by atoms with Crippen LogP contribution >= 0.6 is 27.5 Å². The molecular formula is C14H9BrClF4N. The number of hydrogen-bond acceptors (Lipinski definition) is 1. The molecule has 0 aromatic heterocycles. The summed E-state index contributed by atoms with van der Waals surface area (Å²) in [4.78, 5) is 0. The molecule has 0 saturated carbocycles. The molecule has 0 aliphatic heterocycles. The lowest BCUT2D eigenvalue weighted by Crippen LogP contribution is -2.15. The standard InChI is InChI=1S/C14H9BrClF4N/c15-11-3-2-8(16)6-9(11)13(21)7-1-4-12(17)10(5-7)14(18,19)20/h1-6,13H,21H2. The van der Waals surface area contributed by atoms with Gasteiger partial charge in [-0.2, -0.15) is 13.2 Å². The van der Waals surface area contributed by atoms with E-state index in [1.54, 1.807) is 18.2 Å². The number of alkyl halides is 3. The maximum Gasteiger partial charge on any atom is 0.419 e. The number of rotatable bonds is 2. The maximum absolute atomic E-state index is 13.3. The average Bonchev–Trinajstić information content (AvgIpc) is 2.40. The molecule has 0 spiro atoms. The van der Waals surface area contributed by atoms with E-state index in [1.807, 2.05) is 0 Å². The Balaban J connectivity index is 2.49. The Hall–Kier alpha value is -1.11. The predicted molar refractivity (Wildman–Crippen MR) is 76.6 cm³/mol. The second-order valence-corrected chi connectivity index (χ2v) is 5.67. The topological polar surface area (TPSA) is 26.0 Å². The summed E-state index contributed by atoms with van der Waals surface area (Å²) in [5, 5.41) is 0.404. The van der Waals surface area contributed by atoms with Gasteiger partial charge in [0.2, 0.25) is 0 Å². The molecule has 2 N–H and O–H groups in total. The van der Waals surface area contributed by atoms with Gasteiger partial charge in [-0.05, 0) is 41.5 Å². The SMILES string of the molecule is NC(c1ccc(F)c(C(F)(F)F)c1)c1cc(Cl)ccc1Br. The Bertz CT molecular complexity index is 673. The van der Waals surface area contributed by atoms with Gasteiger partial charge in [-0.25, -0.2) is 4.39 Å². The first-order valence-corrected chi connectivity index (χ1v) is 6.94. The van der Waals surface area contributed by atoms with E-state index in [-0.39, 0.29) is 5.56 Å². The average molecular weight is 383 g/mol. The highest BCUT2D eigenvalue weighted by atomic mass is 79.9. The van der Waals surface area contributed by atoms with E-state index in [9.17, 15) is 17.6 Å². The Morgan fingerprint density at radius 1 is 1.10 bits per heavy atom. The lowest BCUT2D eigenvalue weighted by molar-refractivity contribution is -0.140. The fourth-order valence-corrected chi connectivity index (χ4v) is 2.56. The van der Waals surface area contributed by atoms with Gasteiger partial charge in [0.1, 0.15) is 5.82 Å². The molecular weight excluding hydrogens is 374 g/mol. The van der Waals surface area contributed by atoms with Gasteiger partial charge in [-0.15, -0.1) is 0 Å². The molecule has 21 heavy (non-hydrogen) atoms. The first-order chi connectivity index (χ1) is 9.70. The molecule has 2 aromatic carbocycles. The fourth-order valence-electron chi connectivity index (χ4n) is 1.89. The summed E-state index contributed by atoms with van der Waals surface area (Å²) in [5.41, 5.74) is 5.29. The Morgan fingerprint density at radius 2 is 1.76 bits per heavy atom. The quantitative estimate of drug-likeness (QED) is 0.700. The molecule has 0 aliphatic rings. The summed E-state index contributed by atoms with van der Waals surface area (Å²) < 4.78 is 52.1. The molecule has 112 valence electrons. The molecule has 0 radical (unpaired) electrons. The van der Waals surface area contributed by atoms with Gasteiger partial charge in [0.05, 0.1) is 11.6 Å². The van der Waals surface area contributed by atoms with Gasteiger partial charge in [0.15, 0.2) is 0 Å². The minimum Gasteiger partial charge on any atom is -0.320 e. The van der Waals surface area contributed by atoms with Crippen LogP contribution in [-0.2, 0) is 6.18 Å². The minimum absolute atomic E-state index is 0.145. The number of nitrogens with two attached hydrogens (primary N) is 1. The highest BCUT2D eigenvalue weighted by molar-refractivity contribution is 9.10. The van der Waals surface area contributed by atoms with Gasteiger partial charge < -0.3 is 5.73 Å². The maximum atomic E-state index is 13.3. The number of benzene rings is 2. The van der Waals surface area contributed by atoms with Crippen LogP contribution in [0.3, 0.4) is 0 Å². The molecule has 0 saturated heterocycles. The van der Waals surface area contributed by atoms with Gasteiger partial charge in [0, 0.05) is 9.50 Å². The zero-order valence-electron chi connectivity index (χ0n) is 10.4. The van der Waals surface area contributed by atoms with Crippen molar-refractivity contribution < 1.29 is 17.6 Å². The normalized spacial score (nSPS) is 13.3. The summed E-state index contributed by atoms with van der Waals surface area (Å²) in [6.07, 6.45) is -4.77. The van der Waals surface area contributed by atoms with Crippen molar-refractivity contribution in [2.75, 3.05) is 0 Å².